The summed E-state index contributed by atoms with van der Waals surface area (Å²) in [6, 6.07) is 5.25. The molecule has 0 spiro atoms. The van der Waals surface area contributed by atoms with Gasteiger partial charge in [0.2, 0.25) is 11.5 Å². The molecule has 0 unspecified atom stereocenters. The van der Waals surface area contributed by atoms with Crippen molar-refractivity contribution < 1.29 is 46.3 Å². The molecule has 19 nitrogen and oxygen atoms in total. The van der Waals surface area contributed by atoms with Gasteiger partial charge in [-0.05, 0) is 64.0 Å². The number of amides is 2. The Hall–Kier alpha value is -4.44. The van der Waals surface area contributed by atoms with Crippen LogP contribution in [-0.4, -0.2) is 105 Å². The summed E-state index contributed by atoms with van der Waals surface area (Å²) in [5.41, 5.74) is 4.14. The highest BCUT2D eigenvalue weighted by Gasteiger charge is 2.58. The summed E-state index contributed by atoms with van der Waals surface area (Å²) in [5, 5.41) is 30.7. The highest BCUT2D eigenvalue weighted by molar-refractivity contribution is 7.80. The van der Waals surface area contributed by atoms with Gasteiger partial charge in [0.1, 0.15) is 24.2 Å². The number of piperidine rings is 1. The summed E-state index contributed by atoms with van der Waals surface area (Å²) in [7, 11) is -5.03. The zero-order chi connectivity index (χ0) is 32.9. The molecule has 0 aliphatic carbocycles. The Labute approximate surface area is 260 Å². The number of rotatable bonds is 13. The van der Waals surface area contributed by atoms with Crippen LogP contribution in [0.2, 0.25) is 0 Å². The number of carbonyl (C=O) groups excluding carboxylic acids is 2. The molecule has 2 saturated heterocycles. The number of β-lactam (4-membered cyclic amide) rings is 1. The Bertz CT molecular complexity index is 1570. The van der Waals surface area contributed by atoms with Crippen molar-refractivity contribution in [3.63, 3.8) is 0 Å². The van der Waals surface area contributed by atoms with Crippen molar-refractivity contribution in [3.8, 4) is 5.75 Å². The molecule has 2 aliphatic rings. The molecule has 8 N–H and O–H groups in total. The first kappa shape index (κ1) is 33.5. The molecule has 2 atom stereocenters. The number of carboxylic acids is 1. The summed E-state index contributed by atoms with van der Waals surface area (Å²) in [6.07, 6.45) is 0.0853. The SMILES string of the molecule is CC1(C)[C@H](NC(=O)/C(=N\O[C@@H](COc2ccc(C(=N)NC3CCNCC3)cc2)C(=O)O)c2nsc(N)n2)C(=O)N1OS(=O)(=O)O. The molecule has 1 aromatic heterocycles. The Morgan fingerprint density at radius 2 is 1.93 bits per heavy atom. The minimum Gasteiger partial charge on any atom is -0.489 e. The predicted molar refractivity (Wildman–Crippen MR) is 157 cm³/mol. The lowest BCUT2D eigenvalue weighted by molar-refractivity contribution is -0.218. The molecule has 2 amide bonds. The molecular formula is C24H31N9O10S2. The van der Waals surface area contributed by atoms with E-state index < -0.39 is 58.2 Å². The van der Waals surface area contributed by atoms with Gasteiger partial charge in [-0.2, -0.15) is 22.8 Å². The number of oxime groups is 1. The summed E-state index contributed by atoms with van der Waals surface area (Å²) >= 11 is 0.704. The molecule has 244 valence electrons. The number of carboxylic acid groups (broad SMARTS) is 1. The van der Waals surface area contributed by atoms with Crippen molar-refractivity contribution in [1.29, 1.82) is 5.41 Å². The maximum absolute atomic E-state index is 13.1. The molecule has 0 radical (unpaired) electrons. The number of nitrogens with one attached hydrogen (secondary N) is 4. The minimum atomic E-state index is -5.03. The first-order chi connectivity index (χ1) is 21.2. The number of nitrogens with two attached hydrogens (primary N) is 1. The second kappa shape index (κ2) is 13.7. The molecule has 2 aromatic rings. The van der Waals surface area contributed by atoms with E-state index in [2.05, 4.69) is 34.7 Å². The number of aliphatic carboxylic acids is 1. The Morgan fingerprint density at radius 1 is 1.27 bits per heavy atom. The molecule has 45 heavy (non-hydrogen) atoms. The highest BCUT2D eigenvalue weighted by Crippen LogP contribution is 2.33. The molecular weight excluding hydrogens is 638 g/mol. The summed E-state index contributed by atoms with van der Waals surface area (Å²) < 4.78 is 44.7. The van der Waals surface area contributed by atoms with Gasteiger partial charge in [-0.15, -0.1) is 4.28 Å². The van der Waals surface area contributed by atoms with Crippen molar-refractivity contribution in [1.82, 2.24) is 30.4 Å². The van der Waals surface area contributed by atoms with Crippen LogP contribution in [0.1, 0.15) is 38.1 Å². The molecule has 21 heteroatoms. The van der Waals surface area contributed by atoms with Gasteiger partial charge in [-0.3, -0.25) is 19.6 Å². The number of amidine groups is 1. The molecule has 0 saturated carbocycles. The van der Waals surface area contributed by atoms with Gasteiger partial charge in [0.15, 0.2) is 5.13 Å². The van der Waals surface area contributed by atoms with E-state index in [9.17, 15) is 27.9 Å². The number of carbonyl (C=O) groups is 3. The fraction of sp³-hybridized carbons (Fsp3) is 0.458. The lowest BCUT2D eigenvalue weighted by Crippen LogP contribution is -2.76. The van der Waals surface area contributed by atoms with Crippen LogP contribution in [0.4, 0.5) is 5.13 Å². The van der Waals surface area contributed by atoms with E-state index in [-0.39, 0.29) is 28.6 Å². The molecule has 1 aromatic carbocycles. The van der Waals surface area contributed by atoms with E-state index in [1.807, 2.05) is 0 Å². The van der Waals surface area contributed by atoms with Gasteiger partial charge >= 0.3 is 16.4 Å². The topological polar surface area (TPSA) is 281 Å². The number of benzene rings is 1. The third-order valence-electron chi connectivity index (χ3n) is 6.77. The average Bonchev–Trinajstić information content (AvgIpc) is 3.41. The van der Waals surface area contributed by atoms with Crippen molar-refractivity contribution in [3.05, 3.63) is 35.7 Å². The van der Waals surface area contributed by atoms with E-state index in [1.54, 1.807) is 24.3 Å². The van der Waals surface area contributed by atoms with Gasteiger partial charge in [0.05, 0.1) is 5.54 Å². The van der Waals surface area contributed by atoms with Crippen LogP contribution < -0.4 is 26.4 Å². The minimum absolute atomic E-state index is 0.0566. The maximum Gasteiger partial charge on any atom is 0.418 e. The van der Waals surface area contributed by atoms with Crippen molar-refractivity contribution in [2.24, 2.45) is 5.16 Å². The number of hydrogen-bond acceptors (Lipinski definition) is 15. The first-order valence-electron chi connectivity index (χ1n) is 13.3. The van der Waals surface area contributed by atoms with Gasteiger partial charge in [-0.25, -0.2) is 4.79 Å². The van der Waals surface area contributed by atoms with Gasteiger partial charge < -0.3 is 36.4 Å². The molecule has 4 rings (SSSR count). The largest absolute Gasteiger partial charge is 0.489 e. The summed E-state index contributed by atoms with van der Waals surface area (Å²) in [5.74, 6) is -3.40. The van der Waals surface area contributed by atoms with E-state index >= 15 is 0 Å². The lowest BCUT2D eigenvalue weighted by atomic mass is 9.84. The number of aromatic nitrogens is 2. The van der Waals surface area contributed by atoms with Crippen LogP contribution in [0.15, 0.2) is 29.4 Å². The van der Waals surface area contributed by atoms with Crippen LogP contribution in [-0.2, 0) is 33.9 Å². The molecule has 2 aliphatic heterocycles. The van der Waals surface area contributed by atoms with E-state index in [4.69, 9.17) is 25.3 Å². The lowest BCUT2D eigenvalue weighted by Gasteiger charge is -2.50. The Kier molecular flexibility index (Phi) is 10.2. The van der Waals surface area contributed by atoms with Crippen LogP contribution in [0.25, 0.3) is 0 Å². The number of nitrogen functional groups attached to an aromatic ring is 1. The van der Waals surface area contributed by atoms with Crippen LogP contribution >= 0.6 is 11.5 Å². The van der Waals surface area contributed by atoms with Crippen molar-refractivity contribution in [2.75, 3.05) is 25.4 Å². The summed E-state index contributed by atoms with van der Waals surface area (Å²) in [4.78, 5) is 46.5. The Balaban J connectivity index is 1.41. The van der Waals surface area contributed by atoms with Crippen LogP contribution in [0.5, 0.6) is 5.75 Å². The standard InChI is InChI=1S/C24H31N9O10S2/c1-24(2)17(21(35)33(24)43-45(38,39)40)29-20(34)16(19-30-23(26)44-32-19)31-42-15(22(36)37)11-41-14-5-3-12(4-6-14)18(25)28-13-7-9-27-10-8-13/h3-6,13,15,17,27H,7-11H2,1-2H3,(H2,25,28)(H,29,34)(H,36,37)(H2,26,30,32)(H,38,39,40)/b31-16-/t15-,17+/m0/s1. The molecule has 2 fully saturated rings. The second-order valence-electron chi connectivity index (χ2n) is 10.4. The van der Waals surface area contributed by atoms with Gasteiger partial charge in [-0.1, -0.05) is 5.16 Å². The number of nitrogens with zero attached hydrogens (tertiary/aromatic N) is 4. The van der Waals surface area contributed by atoms with E-state index in [0.717, 1.165) is 25.9 Å². The number of ether oxygens (including phenoxy) is 1. The Morgan fingerprint density at radius 3 is 2.49 bits per heavy atom. The molecule has 3 heterocycles. The highest BCUT2D eigenvalue weighted by atomic mass is 32.3. The van der Waals surface area contributed by atoms with Gasteiger partial charge in [0, 0.05) is 23.1 Å². The molecule has 0 bridgehead atoms. The first-order valence-corrected chi connectivity index (χ1v) is 15.5. The zero-order valence-corrected chi connectivity index (χ0v) is 25.6. The fourth-order valence-electron chi connectivity index (χ4n) is 4.34. The van der Waals surface area contributed by atoms with Crippen LogP contribution in [0.3, 0.4) is 0 Å². The monoisotopic (exact) mass is 669 g/mol. The fourth-order valence-corrected chi connectivity index (χ4v) is 5.23. The number of hydroxylamine groups is 2. The number of hydrogen-bond donors (Lipinski definition) is 7. The van der Waals surface area contributed by atoms with E-state index in [0.29, 0.717) is 22.2 Å². The maximum atomic E-state index is 13.1. The zero-order valence-electron chi connectivity index (χ0n) is 23.9. The van der Waals surface area contributed by atoms with E-state index in [1.165, 1.54) is 13.8 Å². The second-order valence-corrected chi connectivity index (χ2v) is 12.2. The predicted octanol–water partition coefficient (Wildman–Crippen LogP) is -1.12. The quantitative estimate of drug-likeness (QED) is 0.0437. The van der Waals surface area contributed by atoms with Gasteiger partial charge in [0.25, 0.3) is 17.9 Å². The smallest absolute Gasteiger partial charge is 0.418 e. The van der Waals surface area contributed by atoms with Crippen LogP contribution in [0, 0.1) is 5.41 Å². The summed E-state index contributed by atoms with van der Waals surface area (Å²) in [6.45, 7) is 3.90. The number of anilines is 1. The van der Waals surface area contributed by atoms with Crippen molar-refractivity contribution >= 4 is 56.4 Å². The average molecular weight is 670 g/mol. The van der Waals surface area contributed by atoms with Crippen molar-refractivity contribution in [2.45, 2.75) is 50.4 Å². The normalized spacial score (nSPS) is 19.3. The third kappa shape index (κ3) is 8.39. The third-order valence-corrected chi connectivity index (χ3v) is 7.65.